The summed E-state index contributed by atoms with van der Waals surface area (Å²) in [7, 11) is 0. The van der Waals surface area contributed by atoms with Gasteiger partial charge in [-0.25, -0.2) is 13.6 Å². The first-order valence-electron chi connectivity index (χ1n) is 7.00. The molecule has 0 saturated carbocycles. The first kappa shape index (κ1) is 16.8. The van der Waals surface area contributed by atoms with E-state index in [1.807, 2.05) is 0 Å². The number of esters is 1. The predicted octanol–water partition coefficient (Wildman–Crippen LogP) is 4.40. The molecule has 0 amide bonds. The van der Waals surface area contributed by atoms with Crippen molar-refractivity contribution >= 4 is 12.3 Å². The van der Waals surface area contributed by atoms with E-state index in [4.69, 9.17) is 4.74 Å². The maximum absolute atomic E-state index is 14.3. The van der Waals surface area contributed by atoms with E-state index in [9.17, 15) is 18.4 Å². The summed E-state index contributed by atoms with van der Waals surface area (Å²) in [6.07, 6.45) is 0.618. The van der Waals surface area contributed by atoms with Gasteiger partial charge in [-0.2, -0.15) is 0 Å². The van der Waals surface area contributed by atoms with Crippen LogP contribution in [-0.2, 0) is 4.74 Å². The van der Waals surface area contributed by atoms with E-state index < -0.39 is 28.8 Å². The van der Waals surface area contributed by atoms with Gasteiger partial charge in [-0.15, -0.1) is 0 Å². The average molecular weight is 318 g/mol. The summed E-state index contributed by atoms with van der Waals surface area (Å²) in [6.45, 7) is 4.91. The van der Waals surface area contributed by atoms with Crippen molar-refractivity contribution in [2.45, 2.75) is 26.4 Å². The van der Waals surface area contributed by atoms with Gasteiger partial charge in [0, 0.05) is 11.1 Å². The summed E-state index contributed by atoms with van der Waals surface area (Å²) in [5.74, 6) is -3.35. The molecule has 3 nitrogen and oxygen atoms in total. The van der Waals surface area contributed by atoms with Crippen LogP contribution >= 0.6 is 0 Å². The molecule has 0 aliphatic heterocycles. The third-order valence-electron chi connectivity index (χ3n) is 3.03. The summed E-state index contributed by atoms with van der Waals surface area (Å²) >= 11 is 0. The molecule has 0 N–H and O–H groups in total. The maximum atomic E-state index is 14.3. The van der Waals surface area contributed by atoms with Gasteiger partial charge in [-0.1, -0.05) is 24.3 Å². The fraction of sp³-hybridized carbons (Fsp3) is 0.222. The van der Waals surface area contributed by atoms with Gasteiger partial charge < -0.3 is 4.74 Å². The minimum Gasteiger partial charge on any atom is -0.456 e. The lowest BCUT2D eigenvalue weighted by Gasteiger charge is -2.20. The predicted molar refractivity (Wildman–Crippen MR) is 82.4 cm³/mol. The number of aldehydes is 1. The molecule has 0 radical (unpaired) electrons. The Bertz CT molecular complexity index is 761. The van der Waals surface area contributed by atoms with Gasteiger partial charge in [0.1, 0.15) is 11.9 Å². The molecule has 0 heterocycles. The Kier molecular flexibility index (Phi) is 4.59. The van der Waals surface area contributed by atoms with Gasteiger partial charge in [0.2, 0.25) is 0 Å². The number of hydrogen-bond acceptors (Lipinski definition) is 3. The third kappa shape index (κ3) is 3.80. The van der Waals surface area contributed by atoms with E-state index in [-0.39, 0.29) is 5.56 Å². The zero-order valence-corrected chi connectivity index (χ0v) is 13.0. The van der Waals surface area contributed by atoms with Crippen LogP contribution in [0.5, 0.6) is 0 Å². The first-order chi connectivity index (χ1) is 10.7. The second-order valence-corrected chi connectivity index (χ2v) is 6.03. The van der Waals surface area contributed by atoms with Crippen molar-refractivity contribution in [1.29, 1.82) is 0 Å². The van der Waals surface area contributed by atoms with Crippen LogP contribution in [0.25, 0.3) is 11.1 Å². The fourth-order valence-corrected chi connectivity index (χ4v) is 2.04. The van der Waals surface area contributed by atoms with Gasteiger partial charge in [0.05, 0.1) is 5.56 Å². The van der Waals surface area contributed by atoms with Gasteiger partial charge >= 0.3 is 5.97 Å². The quantitative estimate of drug-likeness (QED) is 0.622. The normalized spacial score (nSPS) is 11.2. The maximum Gasteiger partial charge on any atom is 0.341 e. The Balaban J connectivity index is 2.45. The van der Waals surface area contributed by atoms with Crippen LogP contribution in [0.15, 0.2) is 36.4 Å². The molecule has 2 aromatic carbocycles. The van der Waals surface area contributed by atoms with E-state index in [1.54, 1.807) is 39.0 Å². The highest BCUT2D eigenvalue weighted by Gasteiger charge is 2.24. The molecule has 0 spiro atoms. The van der Waals surface area contributed by atoms with Crippen LogP contribution in [-0.4, -0.2) is 17.9 Å². The van der Waals surface area contributed by atoms with Gasteiger partial charge in [0.15, 0.2) is 11.6 Å². The molecule has 0 aliphatic rings. The lowest BCUT2D eigenvalue weighted by Crippen LogP contribution is -2.24. The van der Waals surface area contributed by atoms with Crippen molar-refractivity contribution in [2.75, 3.05) is 0 Å². The Morgan fingerprint density at radius 2 is 1.78 bits per heavy atom. The van der Waals surface area contributed by atoms with E-state index in [0.717, 1.165) is 0 Å². The molecule has 0 aliphatic carbocycles. The lowest BCUT2D eigenvalue weighted by molar-refractivity contribution is 0.00636. The Hall–Kier alpha value is -2.56. The highest BCUT2D eigenvalue weighted by Crippen LogP contribution is 2.27. The minimum atomic E-state index is -1.27. The van der Waals surface area contributed by atoms with Gasteiger partial charge in [0.25, 0.3) is 0 Å². The Morgan fingerprint density at radius 1 is 1.09 bits per heavy atom. The fourth-order valence-electron chi connectivity index (χ4n) is 2.04. The monoisotopic (exact) mass is 318 g/mol. The van der Waals surface area contributed by atoms with Crippen molar-refractivity contribution in [3.63, 3.8) is 0 Å². The largest absolute Gasteiger partial charge is 0.456 e. The molecular weight excluding hydrogens is 302 g/mol. The zero-order chi connectivity index (χ0) is 17.2. The van der Waals surface area contributed by atoms with E-state index in [2.05, 4.69) is 0 Å². The molecule has 2 aromatic rings. The standard InChI is InChI=1S/C18H16F2O3/c1-18(2,3)23-17(22)14-8-7-13(15(19)16(14)20)12-6-4-5-11(9-12)10-21/h4-10H,1-3H3. The van der Waals surface area contributed by atoms with Crippen molar-refractivity contribution in [2.24, 2.45) is 0 Å². The zero-order valence-electron chi connectivity index (χ0n) is 13.0. The Morgan fingerprint density at radius 3 is 2.39 bits per heavy atom. The first-order valence-corrected chi connectivity index (χ1v) is 7.00. The van der Waals surface area contributed by atoms with Gasteiger partial charge in [-0.3, -0.25) is 4.79 Å². The van der Waals surface area contributed by atoms with Gasteiger partial charge in [-0.05, 0) is 38.5 Å². The summed E-state index contributed by atoms with van der Waals surface area (Å²) in [4.78, 5) is 22.7. The van der Waals surface area contributed by atoms with Crippen LogP contribution in [0.2, 0.25) is 0 Å². The highest BCUT2D eigenvalue weighted by atomic mass is 19.2. The molecule has 0 bridgehead atoms. The minimum absolute atomic E-state index is 0.0292. The number of halogens is 2. The van der Waals surface area contributed by atoms with Crippen LogP contribution in [0.1, 0.15) is 41.5 Å². The van der Waals surface area contributed by atoms with E-state index in [0.29, 0.717) is 17.4 Å². The molecule has 0 atom stereocenters. The van der Waals surface area contributed by atoms with Crippen molar-refractivity contribution in [3.8, 4) is 11.1 Å². The summed E-state index contributed by atoms with van der Waals surface area (Å²) in [5.41, 5.74) is -0.608. The molecule has 0 aromatic heterocycles. The number of hydrogen-bond donors (Lipinski definition) is 0. The number of carbonyl (C=O) groups excluding carboxylic acids is 2. The molecular formula is C18H16F2O3. The SMILES string of the molecule is CC(C)(C)OC(=O)c1ccc(-c2cccc(C=O)c2)c(F)c1F. The van der Waals surface area contributed by atoms with Crippen molar-refractivity contribution < 1.29 is 23.1 Å². The van der Waals surface area contributed by atoms with Crippen LogP contribution in [0.3, 0.4) is 0 Å². The molecule has 2 rings (SSSR count). The lowest BCUT2D eigenvalue weighted by atomic mass is 10.0. The second kappa shape index (κ2) is 6.28. The van der Waals surface area contributed by atoms with Crippen LogP contribution < -0.4 is 0 Å². The molecule has 120 valence electrons. The topological polar surface area (TPSA) is 43.4 Å². The Labute approximate surface area is 132 Å². The molecule has 0 saturated heterocycles. The summed E-state index contributed by atoms with van der Waals surface area (Å²) in [5, 5.41) is 0. The smallest absolute Gasteiger partial charge is 0.341 e. The number of carbonyl (C=O) groups is 2. The summed E-state index contributed by atoms with van der Waals surface area (Å²) < 4.78 is 33.6. The molecule has 5 heteroatoms. The third-order valence-corrected chi connectivity index (χ3v) is 3.03. The highest BCUT2D eigenvalue weighted by molar-refractivity contribution is 5.91. The van der Waals surface area contributed by atoms with Crippen molar-refractivity contribution in [3.05, 3.63) is 59.2 Å². The molecule has 0 fully saturated rings. The second-order valence-electron chi connectivity index (χ2n) is 6.03. The number of rotatable bonds is 3. The summed E-state index contributed by atoms with van der Waals surface area (Å²) in [6, 6.07) is 8.59. The molecule has 23 heavy (non-hydrogen) atoms. The van der Waals surface area contributed by atoms with Crippen LogP contribution in [0, 0.1) is 11.6 Å². The van der Waals surface area contributed by atoms with Crippen molar-refractivity contribution in [1.82, 2.24) is 0 Å². The average Bonchev–Trinajstić information content (AvgIpc) is 2.48. The van der Waals surface area contributed by atoms with E-state index >= 15 is 0 Å². The van der Waals surface area contributed by atoms with E-state index in [1.165, 1.54) is 18.2 Å². The van der Waals surface area contributed by atoms with Crippen LogP contribution in [0.4, 0.5) is 8.78 Å². The molecule has 0 unspecified atom stereocenters. The number of ether oxygens (including phenoxy) is 1. The number of benzene rings is 2.